The van der Waals surface area contributed by atoms with Crippen molar-refractivity contribution in [2.45, 2.75) is 32.5 Å². The topological polar surface area (TPSA) is 58.0 Å². The zero-order chi connectivity index (χ0) is 24.7. The van der Waals surface area contributed by atoms with Crippen LogP contribution in [0.2, 0.25) is 5.02 Å². The lowest BCUT2D eigenvalue weighted by atomic mass is 10.1. The van der Waals surface area contributed by atoms with Crippen molar-refractivity contribution in [1.82, 2.24) is 14.7 Å². The highest BCUT2D eigenvalue weighted by molar-refractivity contribution is 6.30. The van der Waals surface area contributed by atoms with Gasteiger partial charge in [0.2, 0.25) is 0 Å². The van der Waals surface area contributed by atoms with E-state index >= 15 is 0 Å². The Morgan fingerprint density at radius 3 is 2.60 bits per heavy atom. The number of ether oxygens (including phenoxy) is 4. The second-order valence-electron chi connectivity index (χ2n) is 9.04. The van der Waals surface area contributed by atoms with Crippen molar-refractivity contribution in [3.63, 3.8) is 0 Å². The van der Waals surface area contributed by atoms with Gasteiger partial charge in [0.15, 0.2) is 0 Å². The van der Waals surface area contributed by atoms with Crippen molar-refractivity contribution in [2.24, 2.45) is 0 Å². The summed E-state index contributed by atoms with van der Waals surface area (Å²) < 4.78 is 25.9. The van der Waals surface area contributed by atoms with Gasteiger partial charge in [-0.2, -0.15) is 5.10 Å². The first kappa shape index (κ1) is 25.5. The molecule has 0 radical (unpaired) electrons. The normalized spacial score (nSPS) is 18.9. The molecular formula is C27H34ClN3O4. The predicted octanol–water partition coefficient (Wildman–Crippen LogP) is 4.53. The summed E-state index contributed by atoms with van der Waals surface area (Å²) in [6, 6.07) is 17.7. The molecule has 1 aromatic heterocycles. The Morgan fingerprint density at radius 1 is 1.06 bits per heavy atom. The molecule has 35 heavy (non-hydrogen) atoms. The summed E-state index contributed by atoms with van der Waals surface area (Å²) in [5.41, 5.74) is 2.77. The summed E-state index contributed by atoms with van der Waals surface area (Å²) in [5.74, 6) is 1.58. The lowest BCUT2D eigenvalue weighted by Crippen LogP contribution is -2.50. The molecular weight excluding hydrogens is 466 g/mol. The number of nitrogens with zero attached hydrogens (tertiary/aromatic N) is 3. The minimum atomic E-state index is -0.577. The van der Waals surface area contributed by atoms with E-state index in [1.165, 1.54) is 5.56 Å². The van der Waals surface area contributed by atoms with Crippen LogP contribution in [0, 0.1) is 13.8 Å². The van der Waals surface area contributed by atoms with Gasteiger partial charge in [0.1, 0.15) is 30.3 Å². The predicted molar refractivity (Wildman–Crippen MR) is 136 cm³/mol. The van der Waals surface area contributed by atoms with E-state index in [1.807, 2.05) is 41.9 Å². The van der Waals surface area contributed by atoms with Gasteiger partial charge in [0, 0.05) is 37.5 Å². The Morgan fingerprint density at radius 2 is 1.86 bits per heavy atom. The molecule has 0 unspecified atom stereocenters. The molecule has 1 atom stereocenters. The molecule has 1 saturated heterocycles. The van der Waals surface area contributed by atoms with Crippen molar-refractivity contribution in [3.05, 3.63) is 76.6 Å². The van der Waals surface area contributed by atoms with Gasteiger partial charge in [0.25, 0.3) is 0 Å². The SMILES string of the molecule is CO[C@@]1(COc2cccc(Cl)c2)COCCN(Cc2cccc(OCCn3nc(C)cc3C)c2)C1. The van der Waals surface area contributed by atoms with Crippen LogP contribution in [0.25, 0.3) is 0 Å². The molecule has 0 aliphatic carbocycles. The molecule has 7 nitrogen and oxygen atoms in total. The highest BCUT2D eigenvalue weighted by Gasteiger charge is 2.36. The molecule has 3 aromatic rings. The van der Waals surface area contributed by atoms with Gasteiger partial charge in [-0.1, -0.05) is 29.8 Å². The van der Waals surface area contributed by atoms with Crippen LogP contribution in [0.5, 0.6) is 11.5 Å². The molecule has 1 fully saturated rings. The minimum absolute atomic E-state index is 0.371. The summed E-state index contributed by atoms with van der Waals surface area (Å²) in [6.07, 6.45) is 0. The largest absolute Gasteiger partial charge is 0.492 e. The van der Waals surface area contributed by atoms with Crippen LogP contribution in [-0.2, 0) is 22.6 Å². The van der Waals surface area contributed by atoms with E-state index in [9.17, 15) is 0 Å². The summed E-state index contributed by atoms with van der Waals surface area (Å²) in [5, 5.41) is 5.14. The van der Waals surface area contributed by atoms with Crippen LogP contribution in [0.3, 0.4) is 0 Å². The Kier molecular flexibility index (Phi) is 8.68. The highest BCUT2D eigenvalue weighted by atomic mass is 35.5. The molecule has 0 spiro atoms. The first-order chi connectivity index (χ1) is 16.9. The lowest BCUT2D eigenvalue weighted by molar-refractivity contribution is -0.0925. The molecule has 0 amide bonds. The van der Waals surface area contributed by atoms with Crippen LogP contribution < -0.4 is 9.47 Å². The fourth-order valence-electron chi connectivity index (χ4n) is 4.30. The van der Waals surface area contributed by atoms with Gasteiger partial charge in [-0.15, -0.1) is 0 Å². The maximum Gasteiger partial charge on any atom is 0.137 e. The molecule has 1 aliphatic heterocycles. The van der Waals surface area contributed by atoms with Gasteiger partial charge < -0.3 is 18.9 Å². The van der Waals surface area contributed by atoms with Crippen molar-refractivity contribution in [2.75, 3.05) is 46.6 Å². The van der Waals surface area contributed by atoms with Gasteiger partial charge in [-0.05, 0) is 55.8 Å². The lowest BCUT2D eigenvalue weighted by Gasteiger charge is -2.34. The fourth-order valence-corrected chi connectivity index (χ4v) is 4.48. The zero-order valence-corrected chi connectivity index (χ0v) is 21.5. The summed E-state index contributed by atoms with van der Waals surface area (Å²) in [4.78, 5) is 2.34. The van der Waals surface area contributed by atoms with E-state index in [2.05, 4.69) is 35.1 Å². The van der Waals surface area contributed by atoms with Crippen LogP contribution in [0.1, 0.15) is 17.0 Å². The molecule has 188 valence electrons. The maximum absolute atomic E-state index is 6.10. The first-order valence-corrected chi connectivity index (χ1v) is 12.3. The molecule has 0 N–H and O–H groups in total. The number of benzene rings is 2. The summed E-state index contributed by atoms with van der Waals surface area (Å²) >= 11 is 6.10. The Hall–Kier alpha value is -2.58. The first-order valence-electron chi connectivity index (χ1n) is 11.9. The standard InChI is InChI=1S/C27H34ClN3O4/c1-21-14-22(2)31(29-21)11-13-34-25-8-4-6-23(15-25)17-30-10-12-33-19-27(18-30,32-3)20-35-26-9-5-7-24(28)16-26/h4-9,14-16H,10-13,17-20H2,1-3H3/t27-/m1/s1. The molecule has 0 bridgehead atoms. The van der Waals surface area contributed by atoms with Crippen molar-refractivity contribution in [1.29, 1.82) is 0 Å². The van der Waals surface area contributed by atoms with E-state index in [1.54, 1.807) is 13.2 Å². The number of aryl methyl sites for hydroxylation is 2. The second kappa shape index (κ2) is 11.9. The number of methoxy groups -OCH3 is 1. The number of halogens is 1. The van der Waals surface area contributed by atoms with E-state index in [-0.39, 0.29) is 0 Å². The molecule has 0 saturated carbocycles. The average molecular weight is 500 g/mol. The zero-order valence-electron chi connectivity index (χ0n) is 20.7. The van der Waals surface area contributed by atoms with Crippen molar-refractivity contribution >= 4 is 11.6 Å². The third-order valence-electron chi connectivity index (χ3n) is 6.14. The van der Waals surface area contributed by atoms with Crippen LogP contribution in [0.4, 0.5) is 0 Å². The molecule has 2 aromatic carbocycles. The van der Waals surface area contributed by atoms with Crippen LogP contribution in [-0.4, -0.2) is 66.9 Å². The van der Waals surface area contributed by atoms with Crippen LogP contribution in [0.15, 0.2) is 54.6 Å². The number of aromatic nitrogens is 2. The van der Waals surface area contributed by atoms with E-state index in [4.69, 9.17) is 30.5 Å². The number of hydrogen-bond acceptors (Lipinski definition) is 6. The van der Waals surface area contributed by atoms with Crippen molar-refractivity contribution < 1.29 is 18.9 Å². The monoisotopic (exact) mass is 499 g/mol. The highest BCUT2D eigenvalue weighted by Crippen LogP contribution is 2.23. The third-order valence-corrected chi connectivity index (χ3v) is 6.37. The number of rotatable bonds is 10. The second-order valence-corrected chi connectivity index (χ2v) is 9.48. The molecule has 4 rings (SSSR count). The van der Waals surface area contributed by atoms with Gasteiger partial charge >= 0.3 is 0 Å². The number of hydrogen-bond donors (Lipinski definition) is 0. The fraction of sp³-hybridized carbons (Fsp3) is 0.444. The minimum Gasteiger partial charge on any atom is -0.492 e. The smallest absolute Gasteiger partial charge is 0.137 e. The molecule has 2 heterocycles. The Balaban J connectivity index is 1.35. The van der Waals surface area contributed by atoms with Gasteiger partial charge in [-0.3, -0.25) is 9.58 Å². The quantitative estimate of drug-likeness (QED) is 0.408. The van der Waals surface area contributed by atoms with E-state index < -0.39 is 5.60 Å². The van der Waals surface area contributed by atoms with Gasteiger partial charge in [0.05, 0.1) is 25.5 Å². The Labute approximate surface area is 212 Å². The summed E-state index contributed by atoms with van der Waals surface area (Å²) in [7, 11) is 1.71. The summed E-state index contributed by atoms with van der Waals surface area (Å²) in [6.45, 7) is 9.09. The maximum atomic E-state index is 6.10. The molecule has 8 heteroatoms. The van der Waals surface area contributed by atoms with E-state index in [0.717, 1.165) is 42.5 Å². The Bertz CT molecular complexity index is 1110. The van der Waals surface area contributed by atoms with E-state index in [0.29, 0.717) is 38.0 Å². The van der Waals surface area contributed by atoms with Gasteiger partial charge in [-0.25, -0.2) is 0 Å². The molecule has 1 aliphatic rings. The van der Waals surface area contributed by atoms with Crippen molar-refractivity contribution in [3.8, 4) is 11.5 Å². The van der Waals surface area contributed by atoms with Crippen LogP contribution >= 0.6 is 11.6 Å². The average Bonchev–Trinajstić information content (AvgIpc) is 3.03. The third kappa shape index (κ3) is 7.21.